The lowest BCUT2D eigenvalue weighted by molar-refractivity contribution is 0.565. The van der Waals surface area contributed by atoms with E-state index in [1.807, 2.05) is 6.92 Å². The molecule has 1 aromatic rings. The molecule has 0 aliphatic heterocycles. The Hall–Kier alpha value is -0.630. The Morgan fingerprint density at radius 1 is 1.80 bits per heavy atom. The molecule has 0 fully saturated rings. The number of halogens is 1. The van der Waals surface area contributed by atoms with Crippen LogP contribution < -0.4 is 0 Å². The third-order valence-electron chi connectivity index (χ3n) is 0.958. The number of hydrogen-bond acceptors (Lipinski definition) is 3. The molecule has 0 aliphatic rings. The summed E-state index contributed by atoms with van der Waals surface area (Å²) in [5.41, 5.74) is 0.513. The van der Waals surface area contributed by atoms with E-state index in [9.17, 15) is 4.79 Å². The molecule has 10 heavy (non-hydrogen) atoms. The van der Waals surface area contributed by atoms with Crippen LogP contribution in [-0.2, 0) is 4.79 Å². The average Bonchev–Trinajstić information content (AvgIpc) is 2.13. The molecule has 0 N–H and O–H groups in total. The molecule has 0 aromatic carbocycles. The molecule has 0 unspecified atom stereocenters. The van der Waals surface area contributed by atoms with Gasteiger partial charge in [0, 0.05) is 4.88 Å². The highest BCUT2D eigenvalue weighted by atomic mass is 35.5. The summed E-state index contributed by atoms with van der Waals surface area (Å²) in [6, 6.07) is 1.75. The first-order chi connectivity index (χ1) is 4.74. The summed E-state index contributed by atoms with van der Waals surface area (Å²) in [7, 11) is 0. The van der Waals surface area contributed by atoms with Crippen LogP contribution in [0.15, 0.2) is 11.1 Å². The van der Waals surface area contributed by atoms with Gasteiger partial charge in [-0.2, -0.15) is 4.99 Å². The normalized spacial score (nSPS) is 9.00. The van der Waals surface area contributed by atoms with Gasteiger partial charge in [0.2, 0.25) is 6.08 Å². The summed E-state index contributed by atoms with van der Waals surface area (Å²) < 4.78 is 0.542. The van der Waals surface area contributed by atoms with Crippen LogP contribution in [0.3, 0.4) is 0 Å². The highest BCUT2D eigenvalue weighted by Crippen LogP contribution is 2.33. The van der Waals surface area contributed by atoms with Gasteiger partial charge in [0.25, 0.3) is 0 Å². The quantitative estimate of drug-likeness (QED) is 0.474. The maximum Gasteiger partial charge on any atom is 0.240 e. The molecule has 0 atom stereocenters. The van der Waals surface area contributed by atoms with Crippen molar-refractivity contribution in [3.8, 4) is 0 Å². The van der Waals surface area contributed by atoms with Gasteiger partial charge in [0.15, 0.2) is 0 Å². The van der Waals surface area contributed by atoms with Gasteiger partial charge < -0.3 is 0 Å². The molecule has 1 heterocycles. The molecule has 0 amide bonds. The summed E-state index contributed by atoms with van der Waals surface area (Å²) >= 11 is 7.07. The van der Waals surface area contributed by atoms with Crippen molar-refractivity contribution in [2.45, 2.75) is 6.92 Å². The predicted molar refractivity (Wildman–Crippen MR) is 41.8 cm³/mol. The molecule has 0 spiro atoms. The van der Waals surface area contributed by atoms with Crippen molar-refractivity contribution in [2.75, 3.05) is 0 Å². The molecule has 0 bridgehead atoms. The molecule has 0 aliphatic carbocycles. The first kappa shape index (κ1) is 7.48. The van der Waals surface area contributed by atoms with Crippen molar-refractivity contribution in [1.82, 2.24) is 0 Å². The van der Waals surface area contributed by atoms with E-state index >= 15 is 0 Å². The molecule has 52 valence electrons. The summed E-state index contributed by atoms with van der Waals surface area (Å²) in [6.45, 7) is 1.90. The van der Waals surface area contributed by atoms with E-state index < -0.39 is 0 Å². The number of hydrogen-bond donors (Lipinski definition) is 0. The maximum absolute atomic E-state index is 9.79. The number of aryl methyl sites for hydroxylation is 1. The van der Waals surface area contributed by atoms with Crippen molar-refractivity contribution in [3.63, 3.8) is 0 Å². The third-order valence-corrected chi connectivity index (χ3v) is 2.21. The van der Waals surface area contributed by atoms with Crippen LogP contribution >= 0.6 is 22.9 Å². The Morgan fingerprint density at radius 3 is 2.90 bits per heavy atom. The number of aliphatic imine (C=N–C) groups is 1. The number of nitrogens with zero attached hydrogens (tertiary/aromatic N) is 1. The molecule has 1 rings (SSSR count). The first-order valence-electron chi connectivity index (χ1n) is 2.58. The van der Waals surface area contributed by atoms with Gasteiger partial charge in [0.05, 0.1) is 0 Å². The average molecular weight is 174 g/mol. The second-order valence-electron chi connectivity index (χ2n) is 1.72. The second kappa shape index (κ2) is 2.97. The molecule has 1 aromatic heterocycles. The largest absolute Gasteiger partial charge is 0.240 e. The highest BCUT2D eigenvalue weighted by Gasteiger charge is 2.01. The van der Waals surface area contributed by atoms with Crippen LogP contribution in [0.5, 0.6) is 0 Å². The van der Waals surface area contributed by atoms with Crippen molar-refractivity contribution in [1.29, 1.82) is 0 Å². The standard InChI is InChI=1S/C6H4ClNOS/c1-4-2-5(8-3-9)6(7)10-4/h2H,1H3. The lowest BCUT2D eigenvalue weighted by Crippen LogP contribution is -1.53. The lowest BCUT2D eigenvalue weighted by Gasteiger charge is -1.77. The first-order valence-corrected chi connectivity index (χ1v) is 3.77. The van der Waals surface area contributed by atoms with Crippen molar-refractivity contribution in [3.05, 3.63) is 15.3 Å². The molecule has 0 saturated carbocycles. The van der Waals surface area contributed by atoms with E-state index in [2.05, 4.69) is 4.99 Å². The van der Waals surface area contributed by atoms with Gasteiger partial charge in [-0.3, -0.25) is 0 Å². The monoisotopic (exact) mass is 173 g/mol. The van der Waals surface area contributed by atoms with Gasteiger partial charge in [-0.15, -0.1) is 11.3 Å². The van der Waals surface area contributed by atoms with Crippen LogP contribution in [-0.4, -0.2) is 6.08 Å². The molecule has 0 radical (unpaired) electrons. The zero-order chi connectivity index (χ0) is 7.56. The van der Waals surface area contributed by atoms with E-state index in [1.165, 1.54) is 17.4 Å². The predicted octanol–water partition coefficient (Wildman–Crippen LogP) is 2.68. The SMILES string of the molecule is Cc1cc(N=C=O)c(Cl)s1. The van der Waals surface area contributed by atoms with E-state index in [0.717, 1.165) is 4.88 Å². The smallest absolute Gasteiger partial charge is 0.211 e. The number of thiophene rings is 1. The van der Waals surface area contributed by atoms with Crippen LogP contribution in [0.1, 0.15) is 4.88 Å². The molecule has 0 saturated heterocycles. The third kappa shape index (κ3) is 1.45. The molecular weight excluding hydrogens is 170 g/mol. The van der Waals surface area contributed by atoms with E-state index in [4.69, 9.17) is 11.6 Å². The van der Waals surface area contributed by atoms with Gasteiger partial charge in [-0.25, -0.2) is 4.79 Å². The number of rotatable bonds is 1. The Morgan fingerprint density at radius 2 is 2.50 bits per heavy atom. The minimum Gasteiger partial charge on any atom is -0.211 e. The Balaban J connectivity index is 3.14. The van der Waals surface area contributed by atoms with Crippen LogP contribution in [0, 0.1) is 6.92 Å². The van der Waals surface area contributed by atoms with E-state index in [0.29, 0.717) is 10.0 Å². The second-order valence-corrected chi connectivity index (χ2v) is 3.58. The van der Waals surface area contributed by atoms with Gasteiger partial charge in [-0.05, 0) is 13.0 Å². The number of isocyanates is 1. The zero-order valence-electron chi connectivity index (χ0n) is 5.22. The van der Waals surface area contributed by atoms with Crippen LogP contribution in [0.25, 0.3) is 0 Å². The van der Waals surface area contributed by atoms with E-state index in [-0.39, 0.29) is 0 Å². The Labute approximate surface area is 67.2 Å². The fourth-order valence-corrected chi connectivity index (χ4v) is 1.72. The molecule has 4 heteroatoms. The molecular formula is C6H4ClNOS. The lowest BCUT2D eigenvalue weighted by atomic mass is 10.5. The Bertz CT molecular complexity index is 288. The topological polar surface area (TPSA) is 29.4 Å². The fraction of sp³-hybridized carbons (Fsp3) is 0.167. The summed E-state index contributed by atoms with van der Waals surface area (Å²) in [4.78, 5) is 14.2. The summed E-state index contributed by atoms with van der Waals surface area (Å²) in [6.07, 6.45) is 1.44. The summed E-state index contributed by atoms with van der Waals surface area (Å²) in [5.74, 6) is 0. The number of carbonyl (C=O) groups excluding carboxylic acids is 1. The Kier molecular flexibility index (Phi) is 2.22. The highest BCUT2D eigenvalue weighted by molar-refractivity contribution is 7.16. The minimum atomic E-state index is 0.513. The van der Waals surface area contributed by atoms with Crippen molar-refractivity contribution in [2.24, 2.45) is 4.99 Å². The molecule has 2 nitrogen and oxygen atoms in total. The van der Waals surface area contributed by atoms with Crippen molar-refractivity contribution >= 4 is 34.7 Å². The fourth-order valence-electron chi connectivity index (χ4n) is 0.598. The van der Waals surface area contributed by atoms with Gasteiger partial charge in [0.1, 0.15) is 10.0 Å². The minimum absolute atomic E-state index is 0.513. The van der Waals surface area contributed by atoms with Gasteiger partial charge in [-0.1, -0.05) is 11.6 Å². The summed E-state index contributed by atoms with van der Waals surface area (Å²) in [5, 5.41) is 0. The van der Waals surface area contributed by atoms with Crippen LogP contribution in [0.4, 0.5) is 5.69 Å². The van der Waals surface area contributed by atoms with E-state index in [1.54, 1.807) is 6.07 Å². The van der Waals surface area contributed by atoms with Crippen molar-refractivity contribution < 1.29 is 4.79 Å². The zero-order valence-corrected chi connectivity index (χ0v) is 6.79. The van der Waals surface area contributed by atoms with Crippen LogP contribution in [0.2, 0.25) is 4.34 Å². The van der Waals surface area contributed by atoms with Gasteiger partial charge >= 0.3 is 0 Å². The maximum atomic E-state index is 9.79.